The summed E-state index contributed by atoms with van der Waals surface area (Å²) in [6.07, 6.45) is 1.31. The van der Waals surface area contributed by atoms with Crippen LogP contribution in [0.4, 0.5) is 5.00 Å². The molecule has 17 heavy (non-hydrogen) atoms. The second-order valence-electron chi connectivity index (χ2n) is 3.02. The van der Waals surface area contributed by atoms with Crippen molar-refractivity contribution in [2.75, 3.05) is 5.32 Å². The molecule has 0 aromatic carbocycles. The molecule has 9 heteroatoms. The number of hydrogen-bond donors (Lipinski definition) is 2. The smallest absolute Gasteiger partial charge is 0.340 e. The number of carboxylic acid groups (broad SMARTS) is 1. The molecule has 0 unspecified atom stereocenters. The summed E-state index contributed by atoms with van der Waals surface area (Å²) in [6, 6.07) is 0. The highest BCUT2D eigenvalue weighted by molar-refractivity contribution is 7.11. The van der Waals surface area contributed by atoms with Crippen LogP contribution in [-0.4, -0.2) is 30.1 Å². The molecule has 0 fully saturated rings. The lowest BCUT2D eigenvalue weighted by Gasteiger charge is -2.00. The predicted octanol–water partition coefficient (Wildman–Crippen LogP) is 1.25. The average Bonchev–Trinajstić information content (AvgIpc) is 2.87. The van der Waals surface area contributed by atoms with E-state index in [1.807, 2.05) is 0 Å². The minimum atomic E-state index is -1.12. The maximum absolute atomic E-state index is 11.6. The van der Waals surface area contributed by atoms with Crippen LogP contribution in [0.25, 0.3) is 0 Å². The molecule has 0 atom stereocenters. The van der Waals surface area contributed by atoms with Crippen LogP contribution >= 0.6 is 23.3 Å². The fourth-order valence-corrected chi connectivity index (χ4v) is 2.34. The molecule has 0 aliphatic heterocycles. The third-order valence-corrected chi connectivity index (χ3v) is 3.23. The first-order valence-corrected chi connectivity index (χ1v) is 5.88. The van der Waals surface area contributed by atoms with Crippen LogP contribution in [0, 0.1) is 6.92 Å². The third-order valence-electron chi connectivity index (χ3n) is 1.90. The van der Waals surface area contributed by atoms with Gasteiger partial charge in [0, 0.05) is 0 Å². The Morgan fingerprint density at radius 2 is 2.18 bits per heavy atom. The first-order valence-electron chi connectivity index (χ1n) is 4.38. The first-order chi connectivity index (χ1) is 8.09. The van der Waals surface area contributed by atoms with Gasteiger partial charge >= 0.3 is 5.97 Å². The van der Waals surface area contributed by atoms with E-state index >= 15 is 0 Å². The number of aromatic carboxylic acids is 1. The Kier molecular flexibility index (Phi) is 3.11. The normalized spacial score (nSPS) is 10.2. The Morgan fingerprint density at radius 3 is 2.76 bits per heavy atom. The zero-order valence-corrected chi connectivity index (χ0v) is 10.1. The number of rotatable bonds is 3. The van der Waals surface area contributed by atoms with Gasteiger partial charge in [0.15, 0.2) is 5.69 Å². The van der Waals surface area contributed by atoms with Gasteiger partial charge < -0.3 is 10.4 Å². The largest absolute Gasteiger partial charge is 0.478 e. The van der Waals surface area contributed by atoms with Gasteiger partial charge in [-0.05, 0) is 18.5 Å². The van der Waals surface area contributed by atoms with Crippen LogP contribution in [0.15, 0.2) is 6.20 Å². The number of aryl methyl sites for hydroxylation is 1. The molecule has 88 valence electrons. The van der Waals surface area contributed by atoms with Crippen molar-refractivity contribution in [3.8, 4) is 0 Å². The van der Waals surface area contributed by atoms with Crippen LogP contribution in [0.5, 0.6) is 0 Å². The quantitative estimate of drug-likeness (QED) is 0.869. The van der Waals surface area contributed by atoms with Crippen molar-refractivity contribution in [2.24, 2.45) is 0 Å². The van der Waals surface area contributed by atoms with Crippen molar-refractivity contribution >= 4 is 40.1 Å². The molecule has 0 aliphatic rings. The summed E-state index contributed by atoms with van der Waals surface area (Å²) in [7, 11) is 0. The van der Waals surface area contributed by atoms with Gasteiger partial charge in [-0.1, -0.05) is 0 Å². The molecule has 2 heterocycles. The molecule has 2 N–H and O–H groups in total. The molecule has 2 rings (SSSR count). The average molecular weight is 270 g/mol. The lowest BCUT2D eigenvalue weighted by Crippen LogP contribution is -2.13. The standard InChI is InChI=1S/C8H6N4O3S2/c1-3-5(8(14)15)7(16-11-3)10-6(13)4-2-9-17-12-4/h2H,1H3,(H,10,13)(H,14,15). The monoisotopic (exact) mass is 270 g/mol. The van der Waals surface area contributed by atoms with E-state index in [-0.39, 0.29) is 16.3 Å². The second kappa shape index (κ2) is 4.55. The predicted molar refractivity (Wildman–Crippen MR) is 61.7 cm³/mol. The first kappa shape index (κ1) is 11.6. The Hall–Kier alpha value is -1.87. The molecule has 0 bridgehead atoms. The highest BCUT2D eigenvalue weighted by Crippen LogP contribution is 2.24. The number of anilines is 1. The molecule has 0 aliphatic carbocycles. The molecule has 0 saturated heterocycles. The third kappa shape index (κ3) is 2.29. The maximum atomic E-state index is 11.6. The van der Waals surface area contributed by atoms with Crippen molar-refractivity contribution in [1.82, 2.24) is 13.1 Å². The molecule has 0 radical (unpaired) electrons. The fraction of sp³-hybridized carbons (Fsp3) is 0.125. The van der Waals surface area contributed by atoms with Crippen molar-refractivity contribution in [3.63, 3.8) is 0 Å². The van der Waals surface area contributed by atoms with Crippen molar-refractivity contribution < 1.29 is 14.7 Å². The molecule has 0 spiro atoms. The van der Waals surface area contributed by atoms with Crippen molar-refractivity contribution in [3.05, 3.63) is 23.1 Å². The Bertz CT molecular complexity index is 563. The van der Waals surface area contributed by atoms with Crippen molar-refractivity contribution in [1.29, 1.82) is 0 Å². The topological polar surface area (TPSA) is 105 Å². The van der Waals surface area contributed by atoms with E-state index in [9.17, 15) is 9.59 Å². The second-order valence-corrected chi connectivity index (χ2v) is 4.35. The Balaban J connectivity index is 2.25. The molecular weight excluding hydrogens is 264 g/mol. The number of aromatic nitrogens is 3. The summed E-state index contributed by atoms with van der Waals surface area (Å²) in [5, 5.41) is 11.6. The van der Waals surface area contributed by atoms with Gasteiger partial charge in [-0.25, -0.2) is 4.79 Å². The van der Waals surface area contributed by atoms with E-state index in [0.717, 1.165) is 23.3 Å². The van der Waals surface area contributed by atoms with Gasteiger partial charge in [0.25, 0.3) is 5.91 Å². The minimum Gasteiger partial charge on any atom is -0.478 e. The number of carbonyl (C=O) groups is 2. The van der Waals surface area contributed by atoms with Crippen LogP contribution < -0.4 is 5.32 Å². The van der Waals surface area contributed by atoms with E-state index in [4.69, 9.17) is 5.11 Å². The van der Waals surface area contributed by atoms with Gasteiger partial charge in [-0.2, -0.15) is 13.1 Å². The van der Waals surface area contributed by atoms with E-state index in [2.05, 4.69) is 18.4 Å². The molecule has 1 amide bonds. The van der Waals surface area contributed by atoms with Gasteiger partial charge in [0.05, 0.1) is 23.6 Å². The molecule has 7 nitrogen and oxygen atoms in total. The molecule has 2 aromatic heterocycles. The van der Waals surface area contributed by atoms with Crippen LogP contribution in [0.1, 0.15) is 26.5 Å². The van der Waals surface area contributed by atoms with Crippen LogP contribution in [-0.2, 0) is 0 Å². The summed E-state index contributed by atoms with van der Waals surface area (Å²) in [6.45, 7) is 1.57. The number of amides is 1. The van der Waals surface area contributed by atoms with E-state index in [1.54, 1.807) is 6.92 Å². The van der Waals surface area contributed by atoms with E-state index in [1.165, 1.54) is 6.20 Å². The number of carbonyl (C=O) groups excluding carboxylic acids is 1. The highest BCUT2D eigenvalue weighted by atomic mass is 32.1. The lowest BCUT2D eigenvalue weighted by atomic mass is 10.2. The fourth-order valence-electron chi connectivity index (χ4n) is 1.14. The van der Waals surface area contributed by atoms with Crippen molar-refractivity contribution in [2.45, 2.75) is 6.92 Å². The summed E-state index contributed by atoms with van der Waals surface area (Å²) < 4.78 is 11.3. The number of nitrogens with one attached hydrogen (secondary N) is 1. The number of carboxylic acids is 1. The molecular formula is C8H6N4O3S2. The maximum Gasteiger partial charge on any atom is 0.340 e. The SMILES string of the molecule is Cc1nsc(NC(=O)c2cnsn2)c1C(=O)O. The van der Waals surface area contributed by atoms with E-state index < -0.39 is 11.9 Å². The minimum absolute atomic E-state index is 0.00605. The van der Waals surface area contributed by atoms with Gasteiger partial charge in [0.2, 0.25) is 0 Å². The highest BCUT2D eigenvalue weighted by Gasteiger charge is 2.20. The number of nitrogens with zero attached hydrogens (tertiary/aromatic N) is 3. The van der Waals surface area contributed by atoms with Gasteiger partial charge in [0.1, 0.15) is 10.6 Å². The van der Waals surface area contributed by atoms with E-state index in [0.29, 0.717) is 5.69 Å². The Morgan fingerprint density at radius 1 is 1.41 bits per heavy atom. The summed E-state index contributed by atoms with van der Waals surface area (Å²) >= 11 is 1.83. The summed E-state index contributed by atoms with van der Waals surface area (Å²) in [5.41, 5.74) is 0.526. The zero-order valence-electron chi connectivity index (χ0n) is 8.50. The lowest BCUT2D eigenvalue weighted by molar-refractivity contribution is 0.0697. The summed E-state index contributed by atoms with van der Waals surface area (Å²) in [4.78, 5) is 22.6. The van der Waals surface area contributed by atoms with Gasteiger partial charge in [-0.15, -0.1) is 0 Å². The van der Waals surface area contributed by atoms with Crippen LogP contribution in [0.3, 0.4) is 0 Å². The van der Waals surface area contributed by atoms with Crippen LogP contribution in [0.2, 0.25) is 0 Å². The molecule has 0 saturated carbocycles. The number of hydrogen-bond acceptors (Lipinski definition) is 7. The van der Waals surface area contributed by atoms with Gasteiger partial charge in [-0.3, -0.25) is 4.79 Å². The zero-order chi connectivity index (χ0) is 12.4. The molecule has 2 aromatic rings. The summed E-state index contributed by atoms with van der Waals surface area (Å²) in [5.74, 6) is -1.62. The Labute approximate surface area is 104 Å².